The first-order valence-corrected chi connectivity index (χ1v) is 12.6. The van der Waals surface area contributed by atoms with Crippen LogP contribution >= 0.6 is 0 Å². The molecule has 5 rings (SSSR count). The summed E-state index contributed by atoms with van der Waals surface area (Å²) in [7, 11) is 0. The molecule has 34 heavy (non-hydrogen) atoms. The number of alkyl halides is 3. The van der Waals surface area contributed by atoms with Crippen LogP contribution in [0.5, 0.6) is 0 Å². The fourth-order valence-corrected chi connectivity index (χ4v) is 7.08. The molecule has 7 atom stereocenters. The number of aliphatic hydroxyl groups is 1. The number of benzene rings is 1. The van der Waals surface area contributed by atoms with Crippen molar-refractivity contribution in [2.45, 2.75) is 82.3 Å². The Morgan fingerprint density at radius 2 is 1.97 bits per heavy atom. The van der Waals surface area contributed by atoms with Crippen LogP contribution in [0.15, 0.2) is 24.3 Å². The molecule has 3 saturated heterocycles. The van der Waals surface area contributed by atoms with Crippen molar-refractivity contribution >= 4 is 5.91 Å². The number of nitrogens with one attached hydrogen (secondary N) is 1. The van der Waals surface area contributed by atoms with Gasteiger partial charge in [0.2, 0.25) is 5.91 Å². The Morgan fingerprint density at radius 1 is 1.18 bits per heavy atom. The first-order valence-electron chi connectivity index (χ1n) is 12.6. The van der Waals surface area contributed by atoms with Gasteiger partial charge in [-0.3, -0.25) is 4.79 Å². The van der Waals surface area contributed by atoms with Crippen LogP contribution in [0.25, 0.3) is 0 Å². The predicted octanol–water partition coefficient (Wildman–Crippen LogP) is 4.09. The molecule has 1 spiro atoms. The second kappa shape index (κ2) is 8.49. The number of halogens is 3. The van der Waals surface area contributed by atoms with E-state index in [0.717, 1.165) is 51.0 Å². The summed E-state index contributed by atoms with van der Waals surface area (Å²) in [6.07, 6.45) is -0.408. The number of piperidine rings is 1. The molecular formula is C26H35F3N2O3. The third-order valence-corrected chi connectivity index (χ3v) is 9.22. The minimum Gasteiger partial charge on any atom is -0.385 e. The predicted molar refractivity (Wildman–Crippen MR) is 121 cm³/mol. The highest BCUT2D eigenvalue weighted by Gasteiger charge is 2.62. The number of hydrogen-bond acceptors (Lipinski definition) is 4. The SMILES string of the molecule is CC1COCCC1NC1CC[C@@]2(C1)C(=O)N1CCC(O)(c3cccc(C(F)(F)F)c3)CC1C2C. The van der Waals surface area contributed by atoms with Gasteiger partial charge in [0.15, 0.2) is 0 Å². The lowest BCUT2D eigenvalue weighted by molar-refractivity contribution is -0.140. The molecule has 8 heteroatoms. The van der Waals surface area contributed by atoms with Crippen LogP contribution in [0.2, 0.25) is 0 Å². The molecule has 3 heterocycles. The van der Waals surface area contributed by atoms with Crippen molar-refractivity contribution in [3.05, 3.63) is 35.4 Å². The second-order valence-corrected chi connectivity index (χ2v) is 11.1. The number of ether oxygens (including phenoxy) is 1. The molecule has 1 aromatic carbocycles. The average molecular weight is 481 g/mol. The van der Waals surface area contributed by atoms with E-state index in [2.05, 4.69) is 19.2 Å². The monoisotopic (exact) mass is 480 g/mol. The maximum Gasteiger partial charge on any atom is 0.416 e. The minimum atomic E-state index is -4.46. The summed E-state index contributed by atoms with van der Waals surface area (Å²) in [5, 5.41) is 15.3. The van der Waals surface area contributed by atoms with Gasteiger partial charge >= 0.3 is 6.18 Å². The standard InChI is InChI=1S/C26H35F3N2O3/c1-16-15-34-11-7-21(16)30-20-6-8-24(13-20)17(2)22-14-25(33,9-10-31(22)23(24)32)18-4-3-5-19(12-18)26(27,28)29/h3-5,12,16-17,20-22,30,33H,6-11,13-15H2,1-2H3/t16?,17?,20?,21?,22?,24-,25?/m0/s1. The zero-order valence-electron chi connectivity index (χ0n) is 19.9. The molecule has 3 aliphatic heterocycles. The number of carbonyl (C=O) groups is 1. The molecule has 1 saturated carbocycles. The molecule has 1 aromatic rings. The van der Waals surface area contributed by atoms with Crippen LogP contribution in [-0.2, 0) is 21.3 Å². The Balaban J connectivity index is 1.33. The van der Waals surface area contributed by atoms with Gasteiger partial charge in [-0.05, 0) is 61.6 Å². The number of rotatable bonds is 3. The van der Waals surface area contributed by atoms with E-state index in [1.54, 1.807) is 6.07 Å². The highest BCUT2D eigenvalue weighted by atomic mass is 19.4. The minimum absolute atomic E-state index is 0.0385. The molecule has 0 bridgehead atoms. The zero-order chi connectivity index (χ0) is 24.3. The van der Waals surface area contributed by atoms with Gasteiger partial charge in [0.05, 0.1) is 23.2 Å². The molecule has 188 valence electrons. The quantitative estimate of drug-likeness (QED) is 0.684. The Labute approximate surface area is 199 Å². The topological polar surface area (TPSA) is 61.8 Å². The lowest BCUT2D eigenvalue weighted by Gasteiger charge is -2.42. The lowest BCUT2D eigenvalue weighted by Crippen LogP contribution is -2.48. The van der Waals surface area contributed by atoms with E-state index in [9.17, 15) is 23.1 Å². The van der Waals surface area contributed by atoms with Gasteiger partial charge in [-0.15, -0.1) is 0 Å². The highest BCUT2D eigenvalue weighted by molar-refractivity contribution is 5.86. The second-order valence-electron chi connectivity index (χ2n) is 11.1. The molecule has 4 aliphatic rings. The summed E-state index contributed by atoms with van der Waals surface area (Å²) in [4.78, 5) is 15.6. The van der Waals surface area contributed by atoms with Gasteiger partial charge in [0.25, 0.3) is 0 Å². The molecule has 6 unspecified atom stereocenters. The van der Waals surface area contributed by atoms with Crippen LogP contribution < -0.4 is 5.32 Å². The number of amides is 1. The van der Waals surface area contributed by atoms with Crippen molar-refractivity contribution < 1.29 is 27.8 Å². The Kier molecular flexibility index (Phi) is 6.01. The van der Waals surface area contributed by atoms with E-state index in [1.165, 1.54) is 6.07 Å². The fourth-order valence-electron chi connectivity index (χ4n) is 7.08. The van der Waals surface area contributed by atoms with E-state index >= 15 is 0 Å². The molecule has 1 amide bonds. The lowest BCUT2D eigenvalue weighted by atomic mass is 9.71. The van der Waals surface area contributed by atoms with Crippen molar-refractivity contribution in [2.24, 2.45) is 17.3 Å². The number of hydrogen-bond donors (Lipinski definition) is 2. The molecule has 5 nitrogen and oxygen atoms in total. The summed E-state index contributed by atoms with van der Waals surface area (Å²) >= 11 is 0. The molecule has 4 fully saturated rings. The van der Waals surface area contributed by atoms with Gasteiger partial charge in [-0.1, -0.05) is 26.0 Å². The molecule has 0 radical (unpaired) electrons. The van der Waals surface area contributed by atoms with Gasteiger partial charge < -0.3 is 20.1 Å². The summed E-state index contributed by atoms with van der Waals surface area (Å²) in [5.41, 5.74) is -2.27. The van der Waals surface area contributed by atoms with E-state index in [0.29, 0.717) is 24.1 Å². The van der Waals surface area contributed by atoms with Crippen molar-refractivity contribution in [3.8, 4) is 0 Å². The van der Waals surface area contributed by atoms with Gasteiger partial charge in [0, 0.05) is 37.7 Å². The Bertz CT molecular complexity index is 940. The van der Waals surface area contributed by atoms with Gasteiger partial charge in [0.1, 0.15) is 0 Å². The average Bonchev–Trinajstić information content (AvgIpc) is 3.31. The third kappa shape index (κ3) is 3.95. The summed E-state index contributed by atoms with van der Waals surface area (Å²) < 4.78 is 45.4. The molecule has 2 N–H and O–H groups in total. The normalized spacial score (nSPS) is 40.7. The molecule has 1 aliphatic carbocycles. The van der Waals surface area contributed by atoms with E-state index < -0.39 is 22.8 Å². The van der Waals surface area contributed by atoms with E-state index in [4.69, 9.17) is 4.74 Å². The van der Waals surface area contributed by atoms with E-state index in [1.807, 2.05) is 4.90 Å². The Hall–Kier alpha value is -1.64. The first kappa shape index (κ1) is 24.1. The third-order valence-electron chi connectivity index (χ3n) is 9.22. The number of carbonyl (C=O) groups excluding carboxylic acids is 1. The van der Waals surface area contributed by atoms with Crippen LogP contribution in [0.4, 0.5) is 13.2 Å². The first-order chi connectivity index (χ1) is 16.0. The maximum absolute atomic E-state index is 13.7. The van der Waals surface area contributed by atoms with Crippen molar-refractivity contribution in [2.75, 3.05) is 19.8 Å². The van der Waals surface area contributed by atoms with Crippen LogP contribution in [0, 0.1) is 17.3 Å². The van der Waals surface area contributed by atoms with Crippen molar-refractivity contribution in [1.82, 2.24) is 10.2 Å². The Morgan fingerprint density at radius 3 is 2.71 bits per heavy atom. The summed E-state index contributed by atoms with van der Waals surface area (Å²) in [6.45, 7) is 6.19. The number of fused-ring (bicyclic) bond motifs is 1. The van der Waals surface area contributed by atoms with Gasteiger partial charge in [-0.2, -0.15) is 13.2 Å². The van der Waals surface area contributed by atoms with Crippen molar-refractivity contribution in [1.29, 1.82) is 0 Å². The largest absolute Gasteiger partial charge is 0.416 e. The van der Waals surface area contributed by atoms with Crippen LogP contribution in [0.3, 0.4) is 0 Å². The van der Waals surface area contributed by atoms with E-state index in [-0.39, 0.29) is 36.8 Å². The molecular weight excluding hydrogens is 445 g/mol. The zero-order valence-corrected chi connectivity index (χ0v) is 19.9. The summed E-state index contributed by atoms with van der Waals surface area (Å²) in [5.74, 6) is 0.646. The smallest absolute Gasteiger partial charge is 0.385 e. The summed E-state index contributed by atoms with van der Waals surface area (Å²) in [6, 6.07) is 5.54. The fraction of sp³-hybridized carbons (Fsp3) is 0.731. The van der Waals surface area contributed by atoms with Gasteiger partial charge in [-0.25, -0.2) is 0 Å². The van der Waals surface area contributed by atoms with Crippen molar-refractivity contribution in [3.63, 3.8) is 0 Å². The maximum atomic E-state index is 13.7. The van der Waals surface area contributed by atoms with Crippen LogP contribution in [0.1, 0.15) is 63.5 Å². The van der Waals surface area contributed by atoms with Crippen LogP contribution in [-0.4, -0.2) is 53.8 Å². The number of nitrogens with zero attached hydrogens (tertiary/aromatic N) is 1. The highest BCUT2D eigenvalue weighted by Crippen LogP contribution is 2.56. The molecule has 0 aromatic heterocycles.